The molecule has 5 rings (SSSR count). The summed E-state index contributed by atoms with van der Waals surface area (Å²) in [6.45, 7) is 3.95. The van der Waals surface area contributed by atoms with Gasteiger partial charge < -0.3 is 19.3 Å². The first kappa shape index (κ1) is 27.7. The number of amides is 1. The molecule has 1 heterocycles. The number of nitrogens with zero attached hydrogens (tertiary/aromatic N) is 1. The van der Waals surface area contributed by atoms with Crippen molar-refractivity contribution in [2.24, 2.45) is 0 Å². The van der Waals surface area contributed by atoms with E-state index in [-0.39, 0.29) is 12.3 Å². The maximum Gasteiger partial charge on any atom is 0.233 e. The zero-order valence-corrected chi connectivity index (χ0v) is 23.7. The van der Waals surface area contributed by atoms with Crippen LogP contribution in [0.1, 0.15) is 54.0 Å². The van der Waals surface area contributed by atoms with E-state index in [2.05, 4.69) is 0 Å². The highest BCUT2D eigenvalue weighted by atomic mass is 35.5. The van der Waals surface area contributed by atoms with E-state index in [9.17, 15) is 9.90 Å². The molecule has 1 N–H and O–H groups in total. The monoisotopic (exact) mass is 557 g/mol. The second kappa shape index (κ2) is 11.3. The van der Waals surface area contributed by atoms with E-state index < -0.39 is 17.9 Å². The lowest BCUT2D eigenvalue weighted by Gasteiger charge is -2.41. The highest BCUT2D eigenvalue weighted by Gasteiger charge is 2.38. The minimum Gasteiger partial charge on any atom is -0.497 e. The normalized spacial score (nSPS) is 15.9. The van der Waals surface area contributed by atoms with Crippen LogP contribution in [0.25, 0.3) is 0 Å². The molecule has 0 aromatic heterocycles. The molecule has 0 radical (unpaired) electrons. The first-order chi connectivity index (χ1) is 19.2. The van der Waals surface area contributed by atoms with Gasteiger partial charge in [-0.3, -0.25) is 9.69 Å². The average molecular weight is 558 g/mol. The summed E-state index contributed by atoms with van der Waals surface area (Å²) in [6, 6.07) is 27.9. The summed E-state index contributed by atoms with van der Waals surface area (Å²) in [5.74, 6) is 1.31. The number of rotatable bonds is 8. The van der Waals surface area contributed by atoms with Crippen LogP contribution in [0.4, 0.5) is 5.69 Å². The fraction of sp³-hybridized carbons (Fsp3) is 0.242. The Morgan fingerprint density at radius 2 is 1.43 bits per heavy atom. The Labute approximate surface area is 239 Å². The molecule has 0 fully saturated rings. The number of aliphatic hydroxyl groups excluding tert-OH is 1. The van der Waals surface area contributed by atoms with Gasteiger partial charge >= 0.3 is 0 Å². The van der Waals surface area contributed by atoms with Crippen molar-refractivity contribution in [1.29, 1.82) is 0 Å². The molecule has 2 atom stereocenters. The van der Waals surface area contributed by atoms with E-state index in [4.69, 9.17) is 25.8 Å². The SMILES string of the molecule is COc1ccc(C(O)c2ccc(N3C(=O)Cc4cc(OC)ccc4[C@@H]3OC(C)(C)c3ccc(Cl)cc3)cc2)cc1. The summed E-state index contributed by atoms with van der Waals surface area (Å²) in [4.78, 5) is 15.4. The van der Waals surface area contributed by atoms with Crippen molar-refractivity contribution in [3.8, 4) is 11.5 Å². The van der Waals surface area contributed by atoms with Crippen LogP contribution in [0.15, 0.2) is 91.0 Å². The molecule has 206 valence electrons. The number of hydrogen-bond donors (Lipinski definition) is 1. The predicted octanol–water partition coefficient (Wildman–Crippen LogP) is 6.98. The molecule has 4 aromatic rings. The van der Waals surface area contributed by atoms with Gasteiger partial charge in [-0.05, 0) is 84.6 Å². The van der Waals surface area contributed by atoms with Crippen molar-refractivity contribution in [1.82, 2.24) is 0 Å². The van der Waals surface area contributed by atoms with E-state index in [0.29, 0.717) is 22.0 Å². The fourth-order valence-corrected chi connectivity index (χ4v) is 5.14. The minimum atomic E-state index is -0.818. The Bertz CT molecular complexity index is 1480. The van der Waals surface area contributed by atoms with Crippen molar-refractivity contribution >= 4 is 23.2 Å². The third-order valence-electron chi connectivity index (χ3n) is 7.33. The van der Waals surface area contributed by atoms with Crippen LogP contribution in [0.2, 0.25) is 5.02 Å². The molecular weight excluding hydrogens is 526 g/mol. The third-order valence-corrected chi connectivity index (χ3v) is 7.58. The quantitative estimate of drug-likeness (QED) is 0.253. The second-order valence-corrected chi connectivity index (χ2v) is 10.7. The molecule has 40 heavy (non-hydrogen) atoms. The average Bonchev–Trinajstić information content (AvgIpc) is 2.96. The molecule has 0 spiro atoms. The Morgan fingerprint density at radius 1 is 0.850 bits per heavy atom. The van der Waals surface area contributed by atoms with Gasteiger partial charge in [-0.2, -0.15) is 0 Å². The molecule has 0 saturated heterocycles. The van der Waals surface area contributed by atoms with Crippen LogP contribution >= 0.6 is 11.6 Å². The van der Waals surface area contributed by atoms with Crippen LogP contribution in [-0.2, 0) is 21.6 Å². The van der Waals surface area contributed by atoms with E-state index >= 15 is 0 Å². The van der Waals surface area contributed by atoms with Gasteiger partial charge in [-0.1, -0.05) is 54.1 Å². The van der Waals surface area contributed by atoms with E-state index in [1.807, 2.05) is 105 Å². The summed E-state index contributed by atoms with van der Waals surface area (Å²) >= 11 is 6.13. The van der Waals surface area contributed by atoms with Crippen LogP contribution in [-0.4, -0.2) is 25.2 Å². The number of benzene rings is 4. The summed E-state index contributed by atoms with van der Waals surface area (Å²) in [6.07, 6.45) is -1.30. The van der Waals surface area contributed by atoms with Gasteiger partial charge in [-0.25, -0.2) is 0 Å². The van der Waals surface area contributed by atoms with Crippen molar-refractivity contribution in [3.05, 3.63) is 124 Å². The Kier molecular flexibility index (Phi) is 7.86. The van der Waals surface area contributed by atoms with Crippen LogP contribution in [0, 0.1) is 0 Å². The number of halogens is 1. The molecule has 1 amide bonds. The van der Waals surface area contributed by atoms with E-state index in [1.54, 1.807) is 19.1 Å². The van der Waals surface area contributed by atoms with Crippen molar-refractivity contribution < 1.29 is 24.1 Å². The smallest absolute Gasteiger partial charge is 0.233 e. The Hall–Kier alpha value is -3.84. The van der Waals surface area contributed by atoms with Gasteiger partial charge in [0.2, 0.25) is 5.91 Å². The lowest BCUT2D eigenvalue weighted by Crippen LogP contribution is -2.44. The highest BCUT2D eigenvalue weighted by molar-refractivity contribution is 6.30. The van der Waals surface area contributed by atoms with Gasteiger partial charge in [0, 0.05) is 16.3 Å². The van der Waals surface area contributed by atoms with Crippen LogP contribution < -0.4 is 14.4 Å². The number of carbonyl (C=O) groups is 1. The third kappa shape index (κ3) is 5.56. The van der Waals surface area contributed by atoms with Crippen molar-refractivity contribution in [3.63, 3.8) is 0 Å². The topological polar surface area (TPSA) is 68.2 Å². The molecule has 1 aliphatic rings. The number of anilines is 1. The first-order valence-electron chi connectivity index (χ1n) is 13.0. The molecule has 1 unspecified atom stereocenters. The molecule has 0 aliphatic carbocycles. The molecule has 7 heteroatoms. The van der Waals surface area contributed by atoms with E-state index in [1.165, 1.54) is 0 Å². The van der Waals surface area contributed by atoms with Gasteiger partial charge in [0.1, 0.15) is 17.6 Å². The minimum absolute atomic E-state index is 0.0962. The van der Waals surface area contributed by atoms with Gasteiger partial charge in [0.05, 0.1) is 26.2 Å². The number of fused-ring (bicyclic) bond motifs is 1. The summed E-state index contributed by atoms with van der Waals surface area (Å²) in [5, 5.41) is 11.6. The standard InChI is InChI=1S/C33H32ClNO5/c1-33(2,24-9-11-25(34)12-10-24)40-32-29-18-17-28(39-4)19-23(29)20-30(36)35(32)26-13-5-21(6-14-26)31(37)22-7-15-27(38-3)16-8-22/h5-19,31-32,37H,20H2,1-4H3/t31?,32-/m0/s1. The Balaban J connectivity index is 1.50. The van der Waals surface area contributed by atoms with Crippen molar-refractivity contribution in [2.75, 3.05) is 19.1 Å². The van der Waals surface area contributed by atoms with Gasteiger partial charge in [0.15, 0.2) is 6.23 Å². The summed E-state index contributed by atoms with van der Waals surface area (Å²) in [7, 11) is 3.22. The first-order valence-corrected chi connectivity index (χ1v) is 13.4. The van der Waals surface area contributed by atoms with Crippen LogP contribution in [0.5, 0.6) is 11.5 Å². The Morgan fingerprint density at radius 3 is 2.02 bits per heavy atom. The van der Waals surface area contributed by atoms with Crippen molar-refractivity contribution in [2.45, 2.75) is 38.2 Å². The highest BCUT2D eigenvalue weighted by Crippen LogP contribution is 2.42. The van der Waals surface area contributed by atoms with Gasteiger partial charge in [-0.15, -0.1) is 0 Å². The number of hydrogen-bond acceptors (Lipinski definition) is 5. The number of carbonyl (C=O) groups excluding carboxylic acids is 1. The van der Waals surface area contributed by atoms with Crippen LogP contribution in [0.3, 0.4) is 0 Å². The summed E-state index contributed by atoms with van der Waals surface area (Å²) in [5.41, 5.74) is 4.08. The number of methoxy groups -OCH3 is 2. The molecule has 6 nitrogen and oxygen atoms in total. The maximum absolute atomic E-state index is 13.7. The molecule has 0 bridgehead atoms. The number of aliphatic hydroxyl groups is 1. The number of ether oxygens (including phenoxy) is 3. The van der Waals surface area contributed by atoms with Gasteiger partial charge in [0.25, 0.3) is 0 Å². The fourth-order valence-electron chi connectivity index (χ4n) is 5.01. The molecule has 1 aliphatic heterocycles. The zero-order valence-electron chi connectivity index (χ0n) is 22.9. The molecular formula is C33H32ClNO5. The molecule has 4 aromatic carbocycles. The lowest BCUT2D eigenvalue weighted by atomic mass is 9.94. The second-order valence-electron chi connectivity index (χ2n) is 10.3. The lowest BCUT2D eigenvalue weighted by molar-refractivity contribution is -0.128. The molecule has 0 saturated carbocycles. The van der Waals surface area contributed by atoms with E-state index in [0.717, 1.165) is 28.0 Å². The summed E-state index contributed by atoms with van der Waals surface area (Å²) < 4.78 is 17.4. The zero-order chi connectivity index (χ0) is 28.4. The predicted molar refractivity (Wildman–Crippen MR) is 156 cm³/mol. The largest absolute Gasteiger partial charge is 0.497 e. The maximum atomic E-state index is 13.7.